The first-order valence-electron chi connectivity index (χ1n) is 9.55. The Morgan fingerprint density at radius 3 is 2.74 bits per heavy atom. The topological polar surface area (TPSA) is 71.4 Å². The van der Waals surface area contributed by atoms with Crippen molar-refractivity contribution in [2.45, 2.75) is 38.7 Å². The highest BCUT2D eigenvalue weighted by Crippen LogP contribution is 2.43. The zero-order chi connectivity index (χ0) is 18.6. The van der Waals surface area contributed by atoms with E-state index in [9.17, 15) is 4.79 Å². The number of aryl methyl sites for hydroxylation is 2. The third-order valence-electron chi connectivity index (χ3n) is 6.11. The molecule has 27 heavy (non-hydrogen) atoms. The summed E-state index contributed by atoms with van der Waals surface area (Å²) in [6.45, 7) is 5.66. The lowest BCUT2D eigenvalue weighted by atomic mass is 9.83. The molecule has 1 amide bonds. The molecule has 140 valence electrons. The monoisotopic (exact) mass is 365 g/mol. The molecule has 0 bridgehead atoms. The normalized spacial score (nSPS) is 18.8. The van der Waals surface area contributed by atoms with E-state index in [1.807, 2.05) is 11.8 Å². The van der Waals surface area contributed by atoms with Gasteiger partial charge in [0, 0.05) is 24.0 Å². The van der Waals surface area contributed by atoms with Gasteiger partial charge in [-0.1, -0.05) is 23.4 Å². The number of hydrogen-bond acceptors (Lipinski definition) is 4. The summed E-state index contributed by atoms with van der Waals surface area (Å²) in [7, 11) is 0. The number of carbonyl (C=O) groups excluding carboxylic acids is 1. The predicted octanol–water partition coefficient (Wildman–Crippen LogP) is 3.48. The highest BCUT2D eigenvalue weighted by molar-refractivity contribution is 5.96. The number of H-pyrrole nitrogens is 1. The SMILES string of the molecule is Cc1noc(C)c1C(=O)N1CCC2(CC1)OCCc1c2[nH]c2ccccc12. The second kappa shape index (κ2) is 5.96. The maximum atomic E-state index is 12.9. The summed E-state index contributed by atoms with van der Waals surface area (Å²) < 4.78 is 11.5. The highest BCUT2D eigenvalue weighted by Gasteiger charge is 2.44. The lowest BCUT2D eigenvalue weighted by Crippen LogP contribution is -2.48. The summed E-state index contributed by atoms with van der Waals surface area (Å²) in [4.78, 5) is 18.5. The number of ether oxygens (including phenoxy) is 1. The van der Waals surface area contributed by atoms with Crippen LogP contribution in [0.5, 0.6) is 0 Å². The van der Waals surface area contributed by atoms with Crippen LogP contribution in [0.25, 0.3) is 10.9 Å². The summed E-state index contributed by atoms with van der Waals surface area (Å²) in [5, 5.41) is 5.21. The molecule has 0 atom stereocenters. The van der Waals surface area contributed by atoms with E-state index in [-0.39, 0.29) is 11.5 Å². The number of benzene rings is 1. The van der Waals surface area contributed by atoms with Crippen LogP contribution in [0.1, 0.15) is 45.9 Å². The van der Waals surface area contributed by atoms with Crippen LogP contribution in [0, 0.1) is 13.8 Å². The Hall–Kier alpha value is -2.60. The minimum Gasteiger partial charge on any atom is -0.368 e. The molecule has 4 heterocycles. The van der Waals surface area contributed by atoms with E-state index in [1.54, 1.807) is 6.92 Å². The van der Waals surface area contributed by atoms with E-state index in [0.29, 0.717) is 30.1 Å². The van der Waals surface area contributed by atoms with Crippen molar-refractivity contribution in [3.8, 4) is 0 Å². The van der Waals surface area contributed by atoms with Crippen molar-refractivity contribution in [3.05, 3.63) is 52.5 Å². The minimum atomic E-state index is -0.317. The standard InChI is InChI=1S/C21H23N3O3/c1-13-18(14(2)27-23-13)20(25)24-10-8-21(9-11-24)19-16(7-12-26-21)15-5-3-4-6-17(15)22-19/h3-6,22H,7-12H2,1-2H3. The molecule has 0 saturated carbocycles. The number of rotatable bonds is 1. The Morgan fingerprint density at radius 1 is 1.22 bits per heavy atom. The summed E-state index contributed by atoms with van der Waals surface area (Å²) in [6.07, 6.45) is 2.52. The van der Waals surface area contributed by atoms with Gasteiger partial charge in [-0.2, -0.15) is 0 Å². The van der Waals surface area contributed by atoms with Gasteiger partial charge in [-0.25, -0.2) is 0 Å². The predicted molar refractivity (Wildman–Crippen MR) is 101 cm³/mol. The minimum absolute atomic E-state index is 0.00813. The van der Waals surface area contributed by atoms with Gasteiger partial charge in [0.15, 0.2) is 0 Å². The first kappa shape index (κ1) is 16.6. The number of para-hydroxylation sites is 1. The van der Waals surface area contributed by atoms with Crippen molar-refractivity contribution in [2.75, 3.05) is 19.7 Å². The van der Waals surface area contributed by atoms with E-state index in [2.05, 4.69) is 34.4 Å². The summed E-state index contributed by atoms with van der Waals surface area (Å²) >= 11 is 0. The van der Waals surface area contributed by atoms with Gasteiger partial charge in [-0.3, -0.25) is 4.79 Å². The van der Waals surface area contributed by atoms with Gasteiger partial charge in [-0.05, 0) is 44.7 Å². The van der Waals surface area contributed by atoms with Crippen molar-refractivity contribution >= 4 is 16.8 Å². The fourth-order valence-electron chi connectivity index (χ4n) is 4.68. The second-order valence-corrected chi connectivity index (χ2v) is 7.61. The van der Waals surface area contributed by atoms with Gasteiger partial charge in [0.2, 0.25) is 0 Å². The first-order chi connectivity index (χ1) is 13.1. The number of piperidine rings is 1. The number of fused-ring (bicyclic) bond motifs is 4. The van der Waals surface area contributed by atoms with E-state index < -0.39 is 0 Å². The van der Waals surface area contributed by atoms with Crippen LogP contribution < -0.4 is 0 Å². The number of amides is 1. The summed E-state index contributed by atoms with van der Waals surface area (Å²) in [5.74, 6) is 0.596. The van der Waals surface area contributed by atoms with Crippen LogP contribution in [0.15, 0.2) is 28.8 Å². The number of likely N-dealkylation sites (tertiary alicyclic amines) is 1. The molecule has 2 aliphatic rings. The number of hydrogen-bond donors (Lipinski definition) is 1. The molecule has 3 aromatic rings. The fourth-order valence-corrected chi connectivity index (χ4v) is 4.68. The summed E-state index contributed by atoms with van der Waals surface area (Å²) in [6, 6.07) is 8.45. The van der Waals surface area contributed by atoms with Crippen molar-refractivity contribution < 1.29 is 14.1 Å². The van der Waals surface area contributed by atoms with Gasteiger partial charge in [0.1, 0.15) is 16.9 Å². The summed E-state index contributed by atoms with van der Waals surface area (Å²) in [5.41, 5.74) is 4.69. The number of aromatic amines is 1. The molecule has 5 rings (SSSR count). The zero-order valence-electron chi connectivity index (χ0n) is 15.7. The lowest BCUT2D eigenvalue weighted by molar-refractivity contribution is -0.0957. The first-order valence-corrected chi connectivity index (χ1v) is 9.55. The van der Waals surface area contributed by atoms with Crippen LogP contribution in [-0.2, 0) is 16.8 Å². The Labute approximate surface area is 157 Å². The van der Waals surface area contributed by atoms with E-state index in [4.69, 9.17) is 9.26 Å². The van der Waals surface area contributed by atoms with Gasteiger partial charge in [0.25, 0.3) is 5.91 Å². The van der Waals surface area contributed by atoms with Crippen LogP contribution in [-0.4, -0.2) is 40.6 Å². The zero-order valence-corrected chi connectivity index (χ0v) is 15.7. The Morgan fingerprint density at radius 2 is 2.00 bits per heavy atom. The molecule has 2 aromatic heterocycles. The average Bonchev–Trinajstić information content (AvgIpc) is 3.23. The molecule has 1 N–H and O–H groups in total. The van der Waals surface area contributed by atoms with Crippen LogP contribution in [0.2, 0.25) is 0 Å². The molecule has 0 unspecified atom stereocenters. The van der Waals surface area contributed by atoms with Crippen molar-refractivity contribution in [1.29, 1.82) is 0 Å². The molecule has 6 heteroatoms. The third kappa shape index (κ3) is 2.43. The molecular formula is C21H23N3O3. The molecule has 0 radical (unpaired) electrons. The lowest BCUT2D eigenvalue weighted by Gasteiger charge is -2.43. The molecule has 2 aliphatic heterocycles. The van der Waals surface area contributed by atoms with Crippen molar-refractivity contribution in [2.24, 2.45) is 0 Å². The molecule has 1 spiro atoms. The largest absolute Gasteiger partial charge is 0.368 e. The molecule has 1 saturated heterocycles. The molecule has 1 fully saturated rings. The Kier molecular flexibility index (Phi) is 3.65. The fraction of sp³-hybridized carbons (Fsp3) is 0.429. The van der Waals surface area contributed by atoms with Crippen LogP contribution >= 0.6 is 0 Å². The smallest absolute Gasteiger partial charge is 0.259 e. The van der Waals surface area contributed by atoms with Crippen LogP contribution in [0.4, 0.5) is 0 Å². The van der Waals surface area contributed by atoms with Gasteiger partial charge in [0.05, 0.1) is 18.0 Å². The van der Waals surface area contributed by atoms with Gasteiger partial charge >= 0.3 is 0 Å². The maximum Gasteiger partial charge on any atom is 0.259 e. The number of nitrogens with zero attached hydrogens (tertiary/aromatic N) is 2. The number of nitrogens with one attached hydrogen (secondary N) is 1. The van der Waals surface area contributed by atoms with E-state index >= 15 is 0 Å². The number of carbonyl (C=O) groups is 1. The highest BCUT2D eigenvalue weighted by atomic mass is 16.5. The maximum absolute atomic E-state index is 12.9. The Bertz CT molecular complexity index is 1010. The van der Waals surface area contributed by atoms with Crippen LogP contribution in [0.3, 0.4) is 0 Å². The Balaban J connectivity index is 1.43. The van der Waals surface area contributed by atoms with Gasteiger partial charge in [-0.15, -0.1) is 0 Å². The van der Waals surface area contributed by atoms with E-state index in [0.717, 1.165) is 25.9 Å². The third-order valence-corrected chi connectivity index (χ3v) is 6.11. The molecule has 6 nitrogen and oxygen atoms in total. The van der Waals surface area contributed by atoms with Crippen molar-refractivity contribution in [1.82, 2.24) is 15.0 Å². The van der Waals surface area contributed by atoms with Gasteiger partial charge < -0.3 is 19.1 Å². The molecule has 1 aromatic carbocycles. The average molecular weight is 365 g/mol. The number of aromatic nitrogens is 2. The van der Waals surface area contributed by atoms with E-state index in [1.165, 1.54) is 22.2 Å². The molecular weight excluding hydrogens is 342 g/mol. The van der Waals surface area contributed by atoms with Crippen molar-refractivity contribution in [3.63, 3.8) is 0 Å². The quantitative estimate of drug-likeness (QED) is 0.717. The second-order valence-electron chi connectivity index (χ2n) is 7.61. The molecule has 0 aliphatic carbocycles.